The standard InChI is InChI=1S/C13H14F2N2O2S/c14-13(15,8-16)9-17-20(18,19)12-7-3-5-10-4-1-2-6-11(10)12/h1-7,17H,8-9,16H2. The molecule has 0 spiro atoms. The summed E-state index contributed by atoms with van der Waals surface area (Å²) in [5, 5.41) is 1.21. The van der Waals surface area contributed by atoms with E-state index in [0.29, 0.717) is 5.39 Å². The Balaban J connectivity index is 2.38. The first-order valence-corrected chi connectivity index (χ1v) is 7.39. The maximum atomic E-state index is 13.1. The smallest absolute Gasteiger partial charge is 0.273 e. The molecule has 2 aromatic carbocycles. The van der Waals surface area contributed by atoms with Gasteiger partial charge in [0.1, 0.15) is 0 Å². The number of halogens is 2. The first kappa shape index (κ1) is 14.8. The van der Waals surface area contributed by atoms with Crippen LogP contribution in [0.4, 0.5) is 8.78 Å². The number of nitrogens with two attached hydrogens (primary N) is 1. The third-order valence-electron chi connectivity index (χ3n) is 2.86. The van der Waals surface area contributed by atoms with Gasteiger partial charge in [-0.2, -0.15) is 0 Å². The Kier molecular flexibility index (Phi) is 4.03. The second-order valence-corrected chi connectivity index (χ2v) is 6.10. The Morgan fingerprint density at radius 2 is 1.75 bits per heavy atom. The van der Waals surface area contributed by atoms with Crippen molar-refractivity contribution < 1.29 is 17.2 Å². The van der Waals surface area contributed by atoms with Gasteiger partial charge in [-0.05, 0) is 11.5 Å². The van der Waals surface area contributed by atoms with E-state index in [4.69, 9.17) is 5.73 Å². The molecule has 0 aliphatic heterocycles. The van der Waals surface area contributed by atoms with E-state index < -0.39 is 29.0 Å². The van der Waals surface area contributed by atoms with Gasteiger partial charge in [0.15, 0.2) is 0 Å². The highest BCUT2D eigenvalue weighted by Gasteiger charge is 2.29. The zero-order chi connectivity index (χ0) is 14.8. The van der Waals surface area contributed by atoms with Crippen LogP contribution in [0.1, 0.15) is 0 Å². The van der Waals surface area contributed by atoms with Crippen molar-refractivity contribution in [2.45, 2.75) is 10.8 Å². The number of rotatable bonds is 5. The molecule has 4 nitrogen and oxygen atoms in total. The second kappa shape index (κ2) is 5.43. The van der Waals surface area contributed by atoms with E-state index in [0.717, 1.165) is 5.39 Å². The molecule has 2 rings (SSSR count). The Bertz CT molecular complexity index is 712. The fourth-order valence-corrected chi connectivity index (χ4v) is 3.07. The van der Waals surface area contributed by atoms with Crippen LogP contribution in [0.25, 0.3) is 10.8 Å². The molecule has 0 saturated heterocycles. The normalized spacial score (nSPS) is 12.8. The summed E-state index contributed by atoms with van der Waals surface area (Å²) < 4.78 is 52.3. The predicted octanol–water partition coefficient (Wildman–Crippen LogP) is 1.71. The Morgan fingerprint density at radius 1 is 1.10 bits per heavy atom. The third kappa shape index (κ3) is 3.12. The number of hydrogen-bond donors (Lipinski definition) is 2. The number of benzene rings is 2. The Labute approximate surface area is 115 Å². The summed E-state index contributed by atoms with van der Waals surface area (Å²) >= 11 is 0. The molecule has 7 heteroatoms. The van der Waals surface area contributed by atoms with Gasteiger partial charge in [0.25, 0.3) is 5.92 Å². The van der Waals surface area contributed by atoms with Crippen molar-refractivity contribution in [3.63, 3.8) is 0 Å². The summed E-state index contributed by atoms with van der Waals surface area (Å²) in [5.41, 5.74) is 4.88. The minimum absolute atomic E-state index is 0.0246. The van der Waals surface area contributed by atoms with Crippen LogP contribution in [0.5, 0.6) is 0 Å². The van der Waals surface area contributed by atoms with E-state index in [1.54, 1.807) is 36.4 Å². The van der Waals surface area contributed by atoms with Crippen molar-refractivity contribution in [2.75, 3.05) is 13.1 Å². The van der Waals surface area contributed by atoms with Crippen LogP contribution in [0.15, 0.2) is 47.4 Å². The van der Waals surface area contributed by atoms with Gasteiger partial charge in [-0.3, -0.25) is 0 Å². The molecule has 0 saturated carbocycles. The van der Waals surface area contributed by atoms with E-state index in [1.807, 2.05) is 4.72 Å². The first-order chi connectivity index (χ1) is 9.36. The van der Waals surface area contributed by atoms with E-state index in [-0.39, 0.29) is 4.90 Å². The molecule has 3 N–H and O–H groups in total. The minimum atomic E-state index is -4.02. The number of sulfonamides is 1. The Hall–Kier alpha value is -1.57. The van der Waals surface area contributed by atoms with Crippen LogP contribution >= 0.6 is 0 Å². The molecular weight excluding hydrogens is 286 g/mol. The highest BCUT2D eigenvalue weighted by Crippen LogP contribution is 2.23. The molecule has 108 valence electrons. The molecule has 0 aliphatic rings. The van der Waals surface area contributed by atoms with Crippen LogP contribution in [0.2, 0.25) is 0 Å². The monoisotopic (exact) mass is 300 g/mol. The molecule has 0 amide bonds. The van der Waals surface area contributed by atoms with E-state index >= 15 is 0 Å². The quantitative estimate of drug-likeness (QED) is 0.883. The molecule has 0 fully saturated rings. The molecule has 0 unspecified atom stereocenters. The average Bonchev–Trinajstić information content (AvgIpc) is 2.45. The zero-order valence-electron chi connectivity index (χ0n) is 10.5. The maximum absolute atomic E-state index is 13.1. The summed E-state index contributed by atoms with van der Waals surface area (Å²) in [6.45, 7) is -1.93. The van der Waals surface area contributed by atoms with Crippen LogP contribution < -0.4 is 10.5 Å². The van der Waals surface area contributed by atoms with E-state index in [9.17, 15) is 17.2 Å². The van der Waals surface area contributed by atoms with Crippen molar-refractivity contribution in [3.8, 4) is 0 Å². The summed E-state index contributed by atoms with van der Waals surface area (Å²) in [4.78, 5) is -0.0246. The minimum Gasteiger partial charge on any atom is -0.325 e. The number of nitrogens with one attached hydrogen (secondary N) is 1. The summed E-state index contributed by atoms with van der Waals surface area (Å²) in [6, 6.07) is 11.5. The molecule has 0 aliphatic carbocycles. The van der Waals surface area contributed by atoms with Gasteiger partial charge in [-0.1, -0.05) is 36.4 Å². The number of hydrogen-bond acceptors (Lipinski definition) is 3. The summed E-state index contributed by atoms with van der Waals surface area (Å²) in [6.07, 6.45) is 0. The fraction of sp³-hybridized carbons (Fsp3) is 0.231. The zero-order valence-corrected chi connectivity index (χ0v) is 11.3. The van der Waals surface area contributed by atoms with Crippen LogP contribution in [-0.2, 0) is 10.0 Å². The van der Waals surface area contributed by atoms with Crippen molar-refractivity contribution in [1.29, 1.82) is 0 Å². The lowest BCUT2D eigenvalue weighted by Crippen LogP contribution is -2.41. The summed E-state index contributed by atoms with van der Waals surface area (Å²) in [5.74, 6) is -3.27. The van der Waals surface area contributed by atoms with Gasteiger partial charge in [-0.25, -0.2) is 21.9 Å². The highest BCUT2D eigenvalue weighted by atomic mass is 32.2. The van der Waals surface area contributed by atoms with Crippen molar-refractivity contribution in [3.05, 3.63) is 42.5 Å². The topological polar surface area (TPSA) is 72.2 Å². The van der Waals surface area contributed by atoms with Crippen LogP contribution in [-0.4, -0.2) is 27.4 Å². The average molecular weight is 300 g/mol. The van der Waals surface area contributed by atoms with Crippen molar-refractivity contribution in [2.24, 2.45) is 5.73 Å². The number of fused-ring (bicyclic) bond motifs is 1. The lowest BCUT2D eigenvalue weighted by atomic mass is 10.1. The largest absolute Gasteiger partial charge is 0.325 e. The highest BCUT2D eigenvalue weighted by molar-refractivity contribution is 7.89. The molecule has 0 bridgehead atoms. The number of alkyl halides is 2. The molecule has 0 radical (unpaired) electrons. The van der Waals surface area contributed by atoms with E-state index in [1.165, 1.54) is 6.07 Å². The first-order valence-electron chi connectivity index (χ1n) is 5.91. The third-order valence-corrected chi connectivity index (χ3v) is 4.32. The van der Waals surface area contributed by atoms with Gasteiger partial charge in [0.05, 0.1) is 18.0 Å². The van der Waals surface area contributed by atoms with Gasteiger partial charge in [0.2, 0.25) is 10.0 Å². The molecule has 2 aromatic rings. The van der Waals surface area contributed by atoms with Crippen molar-refractivity contribution >= 4 is 20.8 Å². The summed E-state index contributed by atoms with van der Waals surface area (Å²) in [7, 11) is -4.02. The van der Waals surface area contributed by atoms with Gasteiger partial charge >= 0.3 is 0 Å². The molecule has 0 heterocycles. The van der Waals surface area contributed by atoms with Gasteiger partial charge in [-0.15, -0.1) is 0 Å². The van der Waals surface area contributed by atoms with Gasteiger partial charge in [0, 0.05) is 5.39 Å². The molecule has 20 heavy (non-hydrogen) atoms. The Morgan fingerprint density at radius 3 is 2.45 bits per heavy atom. The van der Waals surface area contributed by atoms with Crippen molar-refractivity contribution in [1.82, 2.24) is 4.72 Å². The maximum Gasteiger partial charge on any atom is 0.273 e. The lowest BCUT2D eigenvalue weighted by molar-refractivity contribution is 0.0170. The SMILES string of the molecule is NCC(F)(F)CNS(=O)(=O)c1cccc2ccccc12. The molecular formula is C13H14F2N2O2S. The van der Waals surface area contributed by atoms with E-state index in [2.05, 4.69) is 0 Å². The fourth-order valence-electron chi connectivity index (χ4n) is 1.78. The van der Waals surface area contributed by atoms with Crippen LogP contribution in [0, 0.1) is 0 Å². The molecule has 0 aromatic heterocycles. The lowest BCUT2D eigenvalue weighted by Gasteiger charge is -2.15. The predicted molar refractivity (Wildman–Crippen MR) is 73.1 cm³/mol. The second-order valence-electron chi connectivity index (χ2n) is 4.36. The van der Waals surface area contributed by atoms with Gasteiger partial charge < -0.3 is 5.73 Å². The van der Waals surface area contributed by atoms with Crippen LogP contribution in [0.3, 0.4) is 0 Å². The molecule has 0 atom stereocenters.